The van der Waals surface area contributed by atoms with Gasteiger partial charge in [0.2, 0.25) is 5.41 Å². The number of fused-ring (bicyclic) bond motifs is 2. The third kappa shape index (κ3) is 2.41. The normalized spacial score (nSPS) is 14.8. The van der Waals surface area contributed by atoms with Crippen LogP contribution in [0.1, 0.15) is 36.1 Å². The predicted octanol–water partition coefficient (Wildman–Crippen LogP) is 6.43. The van der Waals surface area contributed by atoms with Gasteiger partial charge in [0.25, 0.3) is 0 Å². The van der Waals surface area contributed by atoms with E-state index in [-0.39, 0.29) is 35.5 Å². The van der Waals surface area contributed by atoms with Crippen molar-refractivity contribution < 1.29 is 35.8 Å². The van der Waals surface area contributed by atoms with Crippen LogP contribution in [0.5, 0.6) is 23.0 Å². The van der Waals surface area contributed by atoms with Crippen molar-refractivity contribution in [1.29, 1.82) is 0 Å². The minimum atomic E-state index is -5.62. The average Bonchev–Trinajstić information content (AvgIpc) is 3.45. The molecule has 2 aromatic carbocycles. The molecule has 4 rings (SSSR count). The van der Waals surface area contributed by atoms with Crippen molar-refractivity contribution in [2.24, 2.45) is 0 Å². The monoisotopic (exact) mass is 388 g/mol. The van der Waals surface area contributed by atoms with Crippen LogP contribution in [0.4, 0.5) is 26.3 Å². The summed E-state index contributed by atoms with van der Waals surface area (Å²) in [5.41, 5.74) is -5.94. The Hall–Kier alpha value is -2.38. The maximum absolute atomic E-state index is 14.4. The third-order valence-electron chi connectivity index (χ3n) is 5.12. The largest absolute Gasteiger partial charge is 0.449 e. The summed E-state index contributed by atoms with van der Waals surface area (Å²) in [4.78, 5) is 0. The zero-order valence-electron chi connectivity index (χ0n) is 14.3. The summed E-state index contributed by atoms with van der Waals surface area (Å²) in [6.07, 6.45) is -11.2. The second kappa shape index (κ2) is 5.33. The van der Waals surface area contributed by atoms with Crippen molar-refractivity contribution in [3.63, 3.8) is 0 Å². The zero-order chi connectivity index (χ0) is 19.8. The van der Waals surface area contributed by atoms with Gasteiger partial charge in [0.15, 0.2) is 23.0 Å². The Bertz CT molecular complexity index is 865. The van der Waals surface area contributed by atoms with Crippen molar-refractivity contribution in [1.82, 2.24) is 0 Å². The molecule has 0 atom stereocenters. The van der Waals surface area contributed by atoms with E-state index in [0.29, 0.717) is 11.5 Å². The van der Waals surface area contributed by atoms with Crippen LogP contribution in [-0.4, -0.2) is 12.4 Å². The summed E-state index contributed by atoms with van der Waals surface area (Å²) in [6, 6.07) is 4.27. The van der Waals surface area contributed by atoms with Gasteiger partial charge in [-0.1, -0.05) is 13.8 Å². The first kappa shape index (κ1) is 18.0. The maximum atomic E-state index is 14.4. The number of hydrogen-bond donors (Lipinski definition) is 0. The van der Waals surface area contributed by atoms with E-state index in [2.05, 4.69) is 0 Å². The number of aryl methyl sites for hydroxylation is 2. The van der Waals surface area contributed by atoms with Crippen molar-refractivity contribution in [2.45, 2.75) is 44.5 Å². The molecule has 0 amide bonds. The zero-order valence-corrected chi connectivity index (χ0v) is 14.3. The molecule has 0 aromatic heterocycles. The molecule has 0 aliphatic carbocycles. The Balaban J connectivity index is 2.13. The number of alkyl halides is 6. The van der Waals surface area contributed by atoms with Gasteiger partial charge in [-0.15, -0.1) is 0 Å². The molecule has 2 aromatic rings. The third-order valence-corrected chi connectivity index (χ3v) is 5.12. The van der Waals surface area contributed by atoms with E-state index in [4.69, 9.17) is 9.47 Å². The van der Waals surface area contributed by atoms with Crippen LogP contribution in [0.2, 0.25) is 0 Å². The van der Waals surface area contributed by atoms with Gasteiger partial charge >= 0.3 is 12.4 Å². The lowest BCUT2D eigenvalue weighted by Gasteiger charge is -2.40. The summed E-state index contributed by atoms with van der Waals surface area (Å²) in [7, 11) is 0. The molecule has 0 spiro atoms. The number of benzene rings is 2. The molecule has 2 nitrogen and oxygen atoms in total. The molecule has 0 radical (unpaired) electrons. The molecule has 0 bridgehead atoms. The molecule has 2 aliphatic rings. The molecule has 0 saturated heterocycles. The maximum Gasteiger partial charge on any atom is 0.411 e. The summed E-state index contributed by atoms with van der Waals surface area (Å²) in [6.45, 7) is 3.03. The van der Waals surface area contributed by atoms with Crippen LogP contribution < -0.4 is 9.47 Å². The Labute approximate surface area is 150 Å². The quantitative estimate of drug-likeness (QED) is 0.297. The molecule has 0 fully saturated rings. The van der Waals surface area contributed by atoms with Crippen LogP contribution in [-0.2, 0) is 18.3 Å². The fraction of sp³-hybridized carbons (Fsp3) is 0.368. The highest BCUT2D eigenvalue weighted by Gasteiger charge is 2.74. The standard InChI is InChI=1S/C19H14F6O2/c1-3-9-5-13-15(26-13)7-11(9)17(18(20,21)22,19(23,24)25)12-8-16-14(27-16)6-10(12)4-2/h5-8H,3-4H2,1-2H3. The van der Waals surface area contributed by atoms with Gasteiger partial charge in [0.1, 0.15) is 0 Å². The lowest BCUT2D eigenvalue weighted by Crippen LogP contribution is -2.55. The summed E-state index contributed by atoms with van der Waals surface area (Å²) in [5, 5.41) is 0. The number of halogens is 6. The van der Waals surface area contributed by atoms with E-state index in [1.165, 1.54) is 26.0 Å². The first-order chi connectivity index (χ1) is 12.5. The second-order valence-corrected chi connectivity index (χ2v) is 6.57. The van der Waals surface area contributed by atoms with Crippen LogP contribution in [0.3, 0.4) is 0 Å². The van der Waals surface area contributed by atoms with Crippen LogP contribution in [0.25, 0.3) is 0 Å². The highest BCUT2D eigenvalue weighted by molar-refractivity contribution is 5.66. The Morgan fingerprint density at radius 1 is 0.630 bits per heavy atom. The Morgan fingerprint density at radius 2 is 0.963 bits per heavy atom. The first-order valence-electron chi connectivity index (χ1n) is 8.38. The fourth-order valence-electron chi connectivity index (χ4n) is 3.71. The summed E-state index contributed by atoms with van der Waals surface area (Å²) < 4.78 is 96.2. The van der Waals surface area contributed by atoms with Gasteiger partial charge in [-0.2, -0.15) is 26.3 Å². The van der Waals surface area contributed by atoms with Gasteiger partial charge in [-0.3, -0.25) is 0 Å². The van der Waals surface area contributed by atoms with E-state index in [9.17, 15) is 26.3 Å². The van der Waals surface area contributed by atoms with Crippen LogP contribution in [0.15, 0.2) is 24.3 Å². The van der Waals surface area contributed by atoms with Crippen molar-refractivity contribution in [3.05, 3.63) is 46.5 Å². The molecular formula is C19H14F6O2. The van der Waals surface area contributed by atoms with Gasteiger partial charge in [-0.25, -0.2) is 0 Å². The molecule has 0 N–H and O–H groups in total. The van der Waals surface area contributed by atoms with Gasteiger partial charge in [0, 0.05) is 0 Å². The van der Waals surface area contributed by atoms with E-state index >= 15 is 0 Å². The number of ether oxygens (including phenoxy) is 2. The van der Waals surface area contributed by atoms with Crippen molar-refractivity contribution in [2.75, 3.05) is 0 Å². The van der Waals surface area contributed by atoms with E-state index in [1.807, 2.05) is 0 Å². The SMILES string of the molecule is CCc1cc2c(cc1C(c1cc3c(cc1CC)O3)(C(F)(F)F)C(F)(F)F)O2. The molecule has 144 valence electrons. The number of rotatable bonds is 4. The lowest BCUT2D eigenvalue weighted by molar-refractivity contribution is -0.289. The molecule has 0 saturated carbocycles. The van der Waals surface area contributed by atoms with E-state index in [1.54, 1.807) is 0 Å². The van der Waals surface area contributed by atoms with Gasteiger partial charge < -0.3 is 9.47 Å². The van der Waals surface area contributed by atoms with Crippen molar-refractivity contribution >= 4 is 0 Å². The highest BCUT2D eigenvalue weighted by atomic mass is 19.4. The molecule has 2 aliphatic heterocycles. The summed E-state index contributed by atoms with van der Waals surface area (Å²) in [5.74, 6) is 0.712. The Kier molecular flexibility index (Phi) is 3.55. The Morgan fingerprint density at radius 3 is 1.26 bits per heavy atom. The van der Waals surface area contributed by atoms with Gasteiger partial charge in [0.05, 0.1) is 0 Å². The van der Waals surface area contributed by atoms with Crippen LogP contribution in [0, 0.1) is 0 Å². The number of hydrogen-bond acceptors (Lipinski definition) is 2. The summed E-state index contributed by atoms with van der Waals surface area (Å²) >= 11 is 0. The fourth-order valence-corrected chi connectivity index (χ4v) is 3.71. The smallest absolute Gasteiger partial charge is 0.411 e. The molecular weight excluding hydrogens is 374 g/mol. The molecule has 27 heavy (non-hydrogen) atoms. The van der Waals surface area contributed by atoms with E-state index < -0.39 is 28.9 Å². The highest BCUT2D eigenvalue weighted by Crippen LogP contribution is 2.62. The lowest BCUT2D eigenvalue weighted by atomic mass is 9.69. The molecule has 8 heteroatoms. The van der Waals surface area contributed by atoms with Crippen molar-refractivity contribution in [3.8, 4) is 23.0 Å². The average molecular weight is 388 g/mol. The van der Waals surface area contributed by atoms with E-state index in [0.717, 1.165) is 12.1 Å². The molecule has 2 heterocycles. The van der Waals surface area contributed by atoms with Gasteiger partial charge in [-0.05, 0) is 59.4 Å². The molecule has 0 unspecified atom stereocenters. The van der Waals surface area contributed by atoms with Crippen LogP contribution >= 0.6 is 0 Å². The minimum absolute atomic E-state index is 0.00276. The minimum Gasteiger partial charge on any atom is -0.449 e. The first-order valence-corrected chi connectivity index (χ1v) is 8.38. The predicted molar refractivity (Wildman–Crippen MR) is 84.7 cm³/mol. The topological polar surface area (TPSA) is 25.1 Å². The second-order valence-electron chi connectivity index (χ2n) is 6.57.